The molecule has 0 aliphatic carbocycles. The van der Waals surface area contributed by atoms with Crippen LogP contribution in [0.25, 0.3) is 120 Å². The SMILES string of the molecule is [2H]c1c([2H])c([2H])c(N(c2ccc3oc4ccccc4c3c2)c2ccc3c4cc5c(cc4n4c6c(C(C)(C)C)cccc6c2c34)c2ccc(N(c3ccc4oc6ccccc6c4c3)c3c([2H])c([2H])c([2H])c([2H])c3[2H])c3c4cccc(C(C)(C)C)c4n5c23)c([2H])c1[2H]. The van der Waals surface area contributed by atoms with E-state index in [4.69, 9.17) is 17.1 Å². The highest BCUT2D eigenvalue weighted by molar-refractivity contribution is 6.33. The van der Waals surface area contributed by atoms with Gasteiger partial charge in [0.15, 0.2) is 0 Å². The van der Waals surface area contributed by atoms with E-state index in [-0.39, 0.29) is 46.4 Å². The summed E-state index contributed by atoms with van der Waals surface area (Å²) in [7, 11) is 0. The standard InChI is InChI=1S/C74H54N4O2/c1-73(2,3)57-27-17-25-51-67-59(75(43-19-9-7-10-20-43)45-31-37-65-55(39-45)47-23-13-15-29-63(47)79-65)35-33-49-53-42-62-54(41-61(53)77(69(51)57)71(49)67)50-34-36-60(68-52-26-18-28-58(74(4,5)6)70(52)78(62)72(50)68)76(44-21-11-8-12-22-44)46-32-38-66-56(40-46)48-24-14-16-30-64(48)80-66/h7-42H,1-6H3/i7D,8D,9D,10D,11D,12D,19D,20D,21D,22D. The minimum Gasteiger partial charge on any atom is -0.456 e. The lowest BCUT2D eigenvalue weighted by Crippen LogP contribution is -2.12. The van der Waals surface area contributed by atoms with E-state index in [2.05, 4.69) is 111 Å². The quantitative estimate of drug-likeness (QED) is 0.166. The average molecular weight is 1040 g/mol. The largest absolute Gasteiger partial charge is 0.456 e. The van der Waals surface area contributed by atoms with Gasteiger partial charge in [0.2, 0.25) is 0 Å². The van der Waals surface area contributed by atoms with Crippen LogP contribution in [-0.4, -0.2) is 8.80 Å². The molecular formula is C74H54N4O2. The summed E-state index contributed by atoms with van der Waals surface area (Å²) in [6.07, 6.45) is 0. The van der Waals surface area contributed by atoms with Gasteiger partial charge in [0.25, 0.3) is 0 Å². The topological polar surface area (TPSA) is 41.6 Å². The Morgan fingerprint density at radius 2 is 0.738 bits per heavy atom. The Balaban J connectivity index is 1.01. The summed E-state index contributed by atoms with van der Waals surface area (Å²) in [5, 5.41) is 10.8. The summed E-state index contributed by atoms with van der Waals surface area (Å²) in [6, 6.07) is 48.7. The monoisotopic (exact) mass is 1040 g/mol. The molecule has 0 bridgehead atoms. The number of benzene rings is 11. The highest BCUT2D eigenvalue weighted by Gasteiger charge is 2.32. The minimum absolute atomic E-state index is 0.0144. The van der Waals surface area contributed by atoms with Gasteiger partial charge in [0.05, 0.1) is 58.2 Å². The van der Waals surface area contributed by atoms with Crippen molar-refractivity contribution in [3.63, 3.8) is 0 Å². The summed E-state index contributed by atoms with van der Waals surface area (Å²) >= 11 is 0. The molecule has 0 unspecified atom stereocenters. The lowest BCUT2D eigenvalue weighted by atomic mass is 9.85. The number of aromatic nitrogens is 2. The van der Waals surface area contributed by atoms with E-state index in [0.717, 1.165) is 109 Å². The molecule has 0 aliphatic rings. The van der Waals surface area contributed by atoms with Crippen LogP contribution in [0.4, 0.5) is 34.1 Å². The van der Waals surface area contributed by atoms with Crippen LogP contribution in [0, 0.1) is 0 Å². The predicted octanol–water partition coefficient (Wildman–Crippen LogP) is 21.3. The van der Waals surface area contributed by atoms with Crippen molar-refractivity contribution in [1.82, 2.24) is 8.80 Å². The van der Waals surface area contributed by atoms with Crippen LogP contribution >= 0.6 is 0 Å². The van der Waals surface area contributed by atoms with Crippen LogP contribution in [0.3, 0.4) is 0 Å². The smallest absolute Gasteiger partial charge is 0.135 e. The van der Waals surface area contributed by atoms with Gasteiger partial charge in [-0.15, -0.1) is 0 Å². The molecule has 0 fully saturated rings. The summed E-state index contributed by atoms with van der Waals surface area (Å²) in [6.45, 7) is 13.3. The third-order valence-electron chi connectivity index (χ3n) is 16.7. The van der Waals surface area contributed by atoms with Crippen molar-refractivity contribution < 1.29 is 22.5 Å². The molecule has 17 aromatic rings. The normalized spacial score (nSPS) is 14.6. The van der Waals surface area contributed by atoms with Crippen molar-refractivity contribution in [3.8, 4) is 0 Å². The van der Waals surface area contributed by atoms with Gasteiger partial charge in [-0.25, -0.2) is 0 Å². The van der Waals surface area contributed by atoms with E-state index in [1.54, 1.807) is 0 Å². The molecule has 0 atom stereocenters. The first-order chi connectivity index (χ1) is 43.1. The zero-order chi connectivity index (χ0) is 62.2. The summed E-state index contributed by atoms with van der Waals surface area (Å²) in [4.78, 5) is 3.68. The van der Waals surface area contributed by atoms with Crippen molar-refractivity contribution in [2.45, 2.75) is 52.4 Å². The first kappa shape index (κ1) is 36.3. The Labute approximate surface area is 475 Å². The van der Waals surface area contributed by atoms with Gasteiger partial charge >= 0.3 is 0 Å². The Morgan fingerprint density at radius 1 is 0.338 bits per heavy atom. The van der Waals surface area contributed by atoms with Gasteiger partial charge in [-0.3, -0.25) is 0 Å². The first-order valence-corrected chi connectivity index (χ1v) is 27.1. The van der Waals surface area contributed by atoms with Gasteiger partial charge in [0, 0.05) is 87.4 Å². The lowest BCUT2D eigenvalue weighted by molar-refractivity contribution is 0.594. The second kappa shape index (κ2) is 15.9. The van der Waals surface area contributed by atoms with Gasteiger partial charge in [-0.1, -0.05) is 163 Å². The molecular weight excluding hydrogens is 977 g/mol. The van der Waals surface area contributed by atoms with Crippen molar-refractivity contribution in [1.29, 1.82) is 0 Å². The van der Waals surface area contributed by atoms with Crippen LogP contribution in [-0.2, 0) is 10.8 Å². The molecule has 6 aromatic heterocycles. The fraction of sp³-hybridized carbons (Fsp3) is 0.108. The Hall–Kier alpha value is -9.78. The average Bonchev–Trinajstić information content (AvgIpc) is 1.52. The van der Waals surface area contributed by atoms with E-state index in [0.29, 0.717) is 45.1 Å². The number of para-hydroxylation sites is 6. The van der Waals surface area contributed by atoms with Crippen molar-refractivity contribution in [2.24, 2.45) is 0 Å². The fourth-order valence-electron chi connectivity index (χ4n) is 13.4. The molecule has 382 valence electrons. The third kappa shape index (κ3) is 6.13. The molecule has 0 radical (unpaired) electrons. The second-order valence-corrected chi connectivity index (χ2v) is 23.3. The van der Waals surface area contributed by atoms with E-state index in [9.17, 15) is 5.48 Å². The van der Waals surface area contributed by atoms with Crippen molar-refractivity contribution in [2.75, 3.05) is 9.80 Å². The van der Waals surface area contributed by atoms with Crippen LogP contribution in [0.5, 0.6) is 0 Å². The molecule has 80 heavy (non-hydrogen) atoms. The summed E-state index contributed by atoms with van der Waals surface area (Å²) in [5.41, 5.74) is 12.3. The highest BCUT2D eigenvalue weighted by atomic mass is 16.3. The molecule has 0 saturated heterocycles. The zero-order valence-corrected chi connectivity index (χ0v) is 44.6. The van der Waals surface area contributed by atoms with Gasteiger partial charge in [-0.05, 0) is 119 Å². The molecule has 0 amide bonds. The highest BCUT2D eigenvalue weighted by Crippen LogP contribution is 2.53. The minimum atomic E-state index is -0.481. The van der Waals surface area contributed by atoms with Gasteiger partial charge in [0.1, 0.15) is 22.3 Å². The fourth-order valence-corrected chi connectivity index (χ4v) is 13.4. The van der Waals surface area contributed by atoms with Crippen LogP contribution < -0.4 is 9.80 Å². The molecule has 6 heterocycles. The lowest BCUT2D eigenvalue weighted by Gasteiger charge is -2.26. The van der Waals surface area contributed by atoms with E-state index in [1.165, 1.54) is 0 Å². The van der Waals surface area contributed by atoms with Crippen LogP contribution in [0.1, 0.15) is 66.4 Å². The maximum atomic E-state index is 9.59. The maximum absolute atomic E-state index is 9.59. The summed E-state index contributed by atoms with van der Waals surface area (Å²) in [5.74, 6) is 0. The molecule has 0 saturated carbocycles. The molecule has 0 aliphatic heterocycles. The van der Waals surface area contributed by atoms with E-state index < -0.39 is 36.3 Å². The second-order valence-electron chi connectivity index (χ2n) is 23.3. The summed E-state index contributed by atoms with van der Waals surface area (Å²) < 4.78 is 109. The number of hydrogen-bond acceptors (Lipinski definition) is 4. The third-order valence-corrected chi connectivity index (χ3v) is 16.7. The number of rotatable bonds is 6. The molecule has 0 N–H and O–H groups in total. The predicted molar refractivity (Wildman–Crippen MR) is 337 cm³/mol. The number of anilines is 6. The number of nitrogens with zero attached hydrogens (tertiary/aromatic N) is 4. The molecule has 17 rings (SSSR count). The first-order valence-electron chi connectivity index (χ1n) is 32.1. The van der Waals surface area contributed by atoms with Gasteiger partial charge in [-0.2, -0.15) is 0 Å². The number of fused-ring (bicyclic) bond motifs is 18. The molecule has 11 aromatic carbocycles. The Morgan fingerprint density at radius 3 is 1.16 bits per heavy atom. The van der Waals surface area contributed by atoms with Gasteiger partial charge < -0.3 is 27.4 Å². The van der Waals surface area contributed by atoms with Crippen molar-refractivity contribution in [3.05, 3.63) is 229 Å². The Bertz CT molecular complexity index is 5620. The van der Waals surface area contributed by atoms with Crippen LogP contribution in [0.15, 0.2) is 227 Å². The number of furan rings is 2. The van der Waals surface area contributed by atoms with Crippen LogP contribution in [0.2, 0.25) is 0 Å². The molecule has 0 spiro atoms. The number of hydrogen-bond donors (Lipinski definition) is 0. The molecule has 6 nitrogen and oxygen atoms in total. The Kier molecular flexibility index (Phi) is 7.23. The molecule has 6 heteroatoms. The van der Waals surface area contributed by atoms with E-state index in [1.807, 2.05) is 107 Å². The van der Waals surface area contributed by atoms with E-state index >= 15 is 0 Å². The zero-order valence-electron chi connectivity index (χ0n) is 54.6. The van der Waals surface area contributed by atoms with Crippen molar-refractivity contribution >= 4 is 154 Å². The maximum Gasteiger partial charge on any atom is 0.135 e.